The van der Waals surface area contributed by atoms with E-state index in [4.69, 9.17) is 0 Å². The standard InChI is InChI=1S/C10H18N4OS/c1-5-8-12-10(16-13-8)11-7(3)9(15)14(4)6-2/h7H,5-6H2,1-4H3,(H,11,12,13). The predicted molar refractivity (Wildman–Crippen MR) is 65.7 cm³/mol. The third kappa shape index (κ3) is 3.16. The average molecular weight is 242 g/mol. The fourth-order valence-corrected chi connectivity index (χ4v) is 1.93. The summed E-state index contributed by atoms with van der Waals surface area (Å²) in [5.41, 5.74) is 0. The molecule has 0 bridgehead atoms. The van der Waals surface area contributed by atoms with Gasteiger partial charge in [0.05, 0.1) is 0 Å². The number of aromatic nitrogens is 2. The van der Waals surface area contributed by atoms with Crippen molar-refractivity contribution in [3.8, 4) is 0 Å². The molecule has 1 heterocycles. The van der Waals surface area contributed by atoms with E-state index in [9.17, 15) is 4.79 Å². The van der Waals surface area contributed by atoms with Crippen LogP contribution in [-0.2, 0) is 11.2 Å². The summed E-state index contributed by atoms with van der Waals surface area (Å²) in [7, 11) is 1.79. The minimum atomic E-state index is -0.261. The van der Waals surface area contributed by atoms with Gasteiger partial charge < -0.3 is 10.2 Å². The topological polar surface area (TPSA) is 58.1 Å². The quantitative estimate of drug-likeness (QED) is 0.847. The minimum absolute atomic E-state index is 0.0655. The Morgan fingerprint density at radius 1 is 1.56 bits per heavy atom. The van der Waals surface area contributed by atoms with E-state index in [1.54, 1.807) is 11.9 Å². The molecule has 6 heteroatoms. The second-order valence-corrected chi connectivity index (χ2v) is 4.34. The fourth-order valence-electron chi connectivity index (χ4n) is 1.19. The number of carbonyl (C=O) groups is 1. The van der Waals surface area contributed by atoms with Crippen LogP contribution in [0, 0.1) is 0 Å². The molecule has 1 atom stereocenters. The Morgan fingerprint density at radius 2 is 2.25 bits per heavy atom. The lowest BCUT2D eigenvalue weighted by Crippen LogP contribution is -2.38. The molecule has 1 aromatic heterocycles. The Balaban J connectivity index is 2.56. The van der Waals surface area contributed by atoms with Gasteiger partial charge in [-0.3, -0.25) is 4.79 Å². The summed E-state index contributed by atoms with van der Waals surface area (Å²) in [6.45, 7) is 6.50. The summed E-state index contributed by atoms with van der Waals surface area (Å²) in [6, 6.07) is -0.261. The normalized spacial score (nSPS) is 12.2. The highest BCUT2D eigenvalue weighted by Crippen LogP contribution is 2.13. The predicted octanol–water partition coefficient (Wildman–Crippen LogP) is 1.38. The second kappa shape index (κ2) is 5.79. The third-order valence-corrected chi connectivity index (χ3v) is 3.03. The lowest BCUT2D eigenvalue weighted by Gasteiger charge is -2.19. The molecule has 0 aromatic carbocycles. The molecule has 0 aliphatic carbocycles. The molecule has 0 fully saturated rings. The van der Waals surface area contributed by atoms with E-state index >= 15 is 0 Å². The lowest BCUT2D eigenvalue weighted by atomic mass is 10.3. The molecule has 0 radical (unpaired) electrons. The van der Waals surface area contributed by atoms with Gasteiger partial charge in [0.1, 0.15) is 11.9 Å². The Hall–Kier alpha value is -1.17. The smallest absolute Gasteiger partial charge is 0.244 e. The van der Waals surface area contributed by atoms with Crippen molar-refractivity contribution in [2.45, 2.75) is 33.2 Å². The van der Waals surface area contributed by atoms with E-state index in [-0.39, 0.29) is 11.9 Å². The highest BCUT2D eigenvalue weighted by atomic mass is 32.1. The summed E-state index contributed by atoms with van der Waals surface area (Å²) in [5.74, 6) is 0.881. The average Bonchev–Trinajstić information content (AvgIpc) is 2.74. The van der Waals surface area contributed by atoms with Gasteiger partial charge >= 0.3 is 0 Å². The van der Waals surface area contributed by atoms with E-state index in [0.29, 0.717) is 11.7 Å². The summed E-state index contributed by atoms with van der Waals surface area (Å²) >= 11 is 1.30. The first kappa shape index (κ1) is 12.9. The molecular formula is C10H18N4OS. The molecule has 16 heavy (non-hydrogen) atoms. The highest BCUT2D eigenvalue weighted by molar-refractivity contribution is 7.09. The molecule has 1 amide bonds. The number of hydrogen-bond acceptors (Lipinski definition) is 5. The van der Waals surface area contributed by atoms with Gasteiger partial charge in [0.25, 0.3) is 0 Å². The maximum absolute atomic E-state index is 11.8. The van der Waals surface area contributed by atoms with Crippen molar-refractivity contribution in [2.75, 3.05) is 18.9 Å². The molecule has 1 aromatic rings. The maximum Gasteiger partial charge on any atom is 0.244 e. The van der Waals surface area contributed by atoms with Gasteiger partial charge in [0.15, 0.2) is 0 Å². The van der Waals surface area contributed by atoms with Crippen LogP contribution in [0.15, 0.2) is 0 Å². The fraction of sp³-hybridized carbons (Fsp3) is 0.700. The molecule has 0 saturated heterocycles. The van der Waals surface area contributed by atoms with Crippen LogP contribution in [0.1, 0.15) is 26.6 Å². The zero-order valence-electron chi connectivity index (χ0n) is 10.1. The zero-order valence-corrected chi connectivity index (χ0v) is 11.0. The molecule has 0 aliphatic rings. The number of amides is 1. The van der Waals surface area contributed by atoms with Crippen molar-refractivity contribution in [1.29, 1.82) is 0 Å². The van der Waals surface area contributed by atoms with Crippen LogP contribution in [0.3, 0.4) is 0 Å². The van der Waals surface area contributed by atoms with Crippen molar-refractivity contribution < 1.29 is 4.79 Å². The molecule has 0 spiro atoms. The summed E-state index contributed by atoms with van der Waals surface area (Å²) in [5, 5.41) is 3.78. The van der Waals surface area contributed by atoms with Crippen LogP contribution in [0.4, 0.5) is 5.13 Å². The molecule has 1 rings (SSSR count). The monoisotopic (exact) mass is 242 g/mol. The van der Waals surface area contributed by atoms with E-state index in [1.165, 1.54) is 11.5 Å². The third-order valence-electron chi connectivity index (χ3n) is 2.35. The van der Waals surface area contributed by atoms with Crippen LogP contribution in [-0.4, -0.2) is 39.8 Å². The summed E-state index contributed by atoms with van der Waals surface area (Å²) in [4.78, 5) is 17.7. The van der Waals surface area contributed by atoms with Gasteiger partial charge in [0.2, 0.25) is 11.0 Å². The molecule has 0 saturated carbocycles. The van der Waals surface area contributed by atoms with Crippen molar-refractivity contribution >= 4 is 22.6 Å². The van der Waals surface area contributed by atoms with E-state index in [0.717, 1.165) is 12.2 Å². The summed E-state index contributed by atoms with van der Waals surface area (Å²) < 4.78 is 4.16. The SMILES string of the molecule is CCc1nsc(NC(C)C(=O)N(C)CC)n1. The number of hydrogen-bond donors (Lipinski definition) is 1. The van der Waals surface area contributed by atoms with Gasteiger partial charge in [-0.2, -0.15) is 4.37 Å². The Morgan fingerprint density at radius 3 is 2.75 bits per heavy atom. The summed E-state index contributed by atoms with van der Waals surface area (Å²) in [6.07, 6.45) is 0.815. The Kier molecular flexibility index (Phi) is 4.67. The second-order valence-electron chi connectivity index (χ2n) is 3.59. The number of likely N-dealkylation sites (N-methyl/N-ethyl adjacent to an activating group) is 1. The number of anilines is 1. The van der Waals surface area contributed by atoms with Crippen molar-refractivity contribution in [2.24, 2.45) is 0 Å². The first-order chi connectivity index (χ1) is 7.58. The van der Waals surface area contributed by atoms with E-state index in [2.05, 4.69) is 14.7 Å². The van der Waals surface area contributed by atoms with Gasteiger partial charge in [-0.15, -0.1) is 0 Å². The lowest BCUT2D eigenvalue weighted by molar-refractivity contribution is -0.130. The Labute approximate surface area is 100 Å². The molecule has 90 valence electrons. The van der Waals surface area contributed by atoms with Crippen molar-refractivity contribution in [3.05, 3.63) is 5.82 Å². The molecule has 1 N–H and O–H groups in total. The number of nitrogens with one attached hydrogen (secondary N) is 1. The van der Waals surface area contributed by atoms with Crippen molar-refractivity contribution in [3.63, 3.8) is 0 Å². The minimum Gasteiger partial charge on any atom is -0.349 e. The Bertz CT molecular complexity index is 352. The van der Waals surface area contributed by atoms with Crippen LogP contribution in [0.5, 0.6) is 0 Å². The largest absolute Gasteiger partial charge is 0.349 e. The van der Waals surface area contributed by atoms with Gasteiger partial charge in [0, 0.05) is 31.5 Å². The van der Waals surface area contributed by atoms with Gasteiger partial charge in [-0.05, 0) is 13.8 Å². The van der Waals surface area contributed by atoms with Crippen LogP contribution < -0.4 is 5.32 Å². The van der Waals surface area contributed by atoms with E-state index < -0.39 is 0 Å². The van der Waals surface area contributed by atoms with E-state index in [1.807, 2.05) is 20.8 Å². The number of aryl methyl sites for hydroxylation is 1. The number of rotatable bonds is 5. The van der Waals surface area contributed by atoms with Crippen molar-refractivity contribution in [1.82, 2.24) is 14.3 Å². The number of carbonyl (C=O) groups excluding carboxylic acids is 1. The van der Waals surface area contributed by atoms with Crippen LogP contribution >= 0.6 is 11.5 Å². The highest BCUT2D eigenvalue weighted by Gasteiger charge is 2.17. The molecule has 1 unspecified atom stereocenters. The van der Waals surface area contributed by atoms with Crippen LogP contribution in [0.2, 0.25) is 0 Å². The zero-order chi connectivity index (χ0) is 12.1. The number of nitrogens with zero attached hydrogens (tertiary/aromatic N) is 3. The molecule has 0 aliphatic heterocycles. The first-order valence-corrected chi connectivity index (χ1v) is 6.19. The van der Waals surface area contributed by atoms with Gasteiger partial charge in [-0.1, -0.05) is 6.92 Å². The van der Waals surface area contributed by atoms with Crippen LogP contribution in [0.25, 0.3) is 0 Å². The molecular weight excluding hydrogens is 224 g/mol. The maximum atomic E-state index is 11.8. The first-order valence-electron chi connectivity index (χ1n) is 5.42. The van der Waals surface area contributed by atoms with Gasteiger partial charge in [-0.25, -0.2) is 4.98 Å². The molecule has 5 nitrogen and oxygen atoms in total.